The predicted octanol–water partition coefficient (Wildman–Crippen LogP) is 2.22. The summed E-state index contributed by atoms with van der Waals surface area (Å²) in [6.45, 7) is 2.70. The van der Waals surface area contributed by atoms with Crippen molar-refractivity contribution in [1.29, 1.82) is 0 Å². The summed E-state index contributed by atoms with van der Waals surface area (Å²) in [5.41, 5.74) is 1.87. The van der Waals surface area contributed by atoms with Gasteiger partial charge in [-0.1, -0.05) is 30.3 Å². The van der Waals surface area contributed by atoms with Gasteiger partial charge < -0.3 is 21.3 Å². The molecule has 4 N–H and O–H groups in total. The third-order valence-corrected chi connectivity index (χ3v) is 4.66. The molecule has 2 aromatic rings. The Labute approximate surface area is 180 Å². The zero-order valence-corrected chi connectivity index (χ0v) is 17.5. The lowest BCUT2D eigenvalue weighted by molar-refractivity contribution is -0.123. The van der Waals surface area contributed by atoms with Gasteiger partial charge in [0.1, 0.15) is 6.04 Å². The summed E-state index contributed by atoms with van der Waals surface area (Å²) < 4.78 is 0. The summed E-state index contributed by atoms with van der Waals surface area (Å²) in [6.07, 6.45) is 2.22. The van der Waals surface area contributed by atoms with Crippen LogP contribution in [0.1, 0.15) is 42.6 Å². The highest BCUT2D eigenvalue weighted by Gasteiger charge is 2.29. The lowest BCUT2D eigenvalue weighted by atomic mass is 10.0. The van der Waals surface area contributed by atoms with Crippen molar-refractivity contribution in [3.63, 3.8) is 0 Å². The molecule has 0 heterocycles. The molecule has 0 aromatic heterocycles. The van der Waals surface area contributed by atoms with Gasteiger partial charge in [-0.25, -0.2) is 0 Å². The van der Waals surface area contributed by atoms with Crippen LogP contribution in [0.4, 0.5) is 11.4 Å². The van der Waals surface area contributed by atoms with E-state index in [1.165, 1.54) is 26.0 Å². The van der Waals surface area contributed by atoms with E-state index in [-0.39, 0.29) is 29.3 Å². The Balaban J connectivity index is 1.82. The Morgan fingerprint density at radius 3 is 2.00 bits per heavy atom. The van der Waals surface area contributed by atoms with Crippen LogP contribution in [0.5, 0.6) is 0 Å². The maximum atomic E-state index is 13.0. The maximum absolute atomic E-state index is 13.0. The van der Waals surface area contributed by atoms with Crippen molar-refractivity contribution >= 4 is 35.0 Å². The molecule has 3 rings (SSSR count). The highest BCUT2D eigenvalue weighted by Crippen LogP contribution is 2.21. The van der Waals surface area contributed by atoms with Crippen LogP contribution < -0.4 is 21.3 Å². The van der Waals surface area contributed by atoms with Crippen molar-refractivity contribution in [2.75, 3.05) is 10.6 Å². The van der Waals surface area contributed by atoms with Crippen molar-refractivity contribution in [3.8, 4) is 0 Å². The van der Waals surface area contributed by atoms with Crippen LogP contribution >= 0.6 is 0 Å². The van der Waals surface area contributed by atoms with E-state index in [0.29, 0.717) is 17.8 Å². The zero-order valence-electron chi connectivity index (χ0n) is 17.5. The molecule has 0 radical (unpaired) electrons. The maximum Gasteiger partial charge on any atom is 0.252 e. The Kier molecular flexibility index (Phi) is 7.02. The number of anilines is 2. The largest absolute Gasteiger partial charge is 0.352 e. The first-order chi connectivity index (χ1) is 14.8. The van der Waals surface area contributed by atoms with E-state index in [9.17, 15) is 19.2 Å². The van der Waals surface area contributed by atoms with Gasteiger partial charge in [0.15, 0.2) is 0 Å². The van der Waals surface area contributed by atoms with Crippen LogP contribution in [0, 0.1) is 0 Å². The molecule has 4 amide bonds. The summed E-state index contributed by atoms with van der Waals surface area (Å²) in [5, 5.41) is 11.0. The molecule has 0 bridgehead atoms. The van der Waals surface area contributed by atoms with Gasteiger partial charge in [0.25, 0.3) is 5.91 Å². The Morgan fingerprint density at radius 1 is 0.903 bits per heavy atom. The Hall–Kier alpha value is -3.68. The van der Waals surface area contributed by atoms with E-state index in [2.05, 4.69) is 21.3 Å². The number of carbonyl (C=O) groups is 4. The quantitative estimate of drug-likeness (QED) is 0.522. The van der Waals surface area contributed by atoms with Gasteiger partial charge in [-0.2, -0.15) is 0 Å². The molecule has 0 spiro atoms. The standard InChI is InChI=1S/C23H26N4O4/c1-14(28)24-19-11-17(12-20(13-19)25-15(2)29)22(30)27-21(23(31)26-18-8-9-18)10-16-6-4-3-5-7-16/h3-7,11-13,18,21H,8-10H2,1-2H3,(H,24,28)(H,25,29)(H,26,31)(H,27,30). The van der Waals surface area contributed by atoms with E-state index in [4.69, 9.17) is 0 Å². The molecule has 8 heteroatoms. The van der Waals surface area contributed by atoms with Crippen molar-refractivity contribution in [1.82, 2.24) is 10.6 Å². The molecular formula is C23H26N4O4. The second kappa shape index (κ2) is 9.88. The third kappa shape index (κ3) is 6.95. The fraction of sp³-hybridized carbons (Fsp3) is 0.304. The number of rotatable bonds is 8. The molecule has 0 saturated heterocycles. The van der Waals surface area contributed by atoms with E-state index in [1.807, 2.05) is 30.3 Å². The molecule has 1 fully saturated rings. The van der Waals surface area contributed by atoms with E-state index >= 15 is 0 Å². The average molecular weight is 422 g/mol. The van der Waals surface area contributed by atoms with Gasteiger partial charge in [-0.05, 0) is 36.6 Å². The Bertz CT molecular complexity index is 952. The minimum Gasteiger partial charge on any atom is -0.352 e. The smallest absolute Gasteiger partial charge is 0.252 e. The molecule has 1 unspecified atom stereocenters. The highest BCUT2D eigenvalue weighted by atomic mass is 16.2. The van der Waals surface area contributed by atoms with Crippen molar-refractivity contribution in [2.45, 2.75) is 45.2 Å². The molecule has 1 aliphatic rings. The number of carbonyl (C=O) groups excluding carboxylic acids is 4. The van der Waals surface area contributed by atoms with Crippen LogP contribution in [0.15, 0.2) is 48.5 Å². The molecule has 162 valence electrons. The van der Waals surface area contributed by atoms with Gasteiger partial charge in [0, 0.05) is 43.2 Å². The molecule has 8 nitrogen and oxygen atoms in total. The monoisotopic (exact) mass is 422 g/mol. The van der Waals surface area contributed by atoms with Gasteiger partial charge in [-0.15, -0.1) is 0 Å². The third-order valence-electron chi connectivity index (χ3n) is 4.66. The van der Waals surface area contributed by atoms with Crippen molar-refractivity contribution in [2.24, 2.45) is 0 Å². The van der Waals surface area contributed by atoms with Crippen LogP contribution in [0.2, 0.25) is 0 Å². The van der Waals surface area contributed by atoms with Crippen LogP contribution in [0.25, 0.3) is 0 Å². The second-order valence-electron chi connectivity index (χ2n) is 7.66. The number of hydrogen-bond donors (Lipinski definition) is 4. The molecule has 1 aliphatic carbocycles. The average Bonchev–Trinajstić information content (AvgIpc) is 3.51. The summed E-state index contributed by atoms with van der Waals surface area (Å²) in [7, 11) is 0. The van der Waals surface area contributed by atoms with Gasteiger partial charge in [0.2, 0.25) is 17.7 Å². The van der Waals surface area contributed by atoms with E-state index in [0.717, 1.165) is 18.4 Å². The normalized spacial score (nSPS) is 13.6. The first kappa shape index (κ1) is 22.0. The highest BCUT2D eigenvalue weighted by molar-refractivity contribution is 6.01. The summed E-state index contributed by atoms with van der Waals surface area (Å²) in [6, 6.07) is 13.4. The fourth-order valence-corrected chi connectivity index (χ4v) is 3.14. The lowest BCUT2D eigenvalue weighted by Crippen LogP contribution is -2.48. The number of hydrogen-bond acceptors (Lipinski definition) is 4. The van der Waals surface area contributed by atoms with Crippen molar-refractivity contribution < 1.29 is 19.2 Å². The lowest BCUT2D eigenvalue weighted by Gasteiger charge is -2.19. The van der Waals surface area contributed by atoms with Crippen molar-refractivity contribution in [3.05, 3.63) is 59.7 Å². The predicted molar refractivity (Wildman–Crippen MR) is 118 cm³/mol. The topological polar surface area (TPSA) is 116 Å². The zero-order chi connectivity index (χ0) is 22.4. The minimum atomic E-state index is -0.760. The number of nitrogens with one attached hydrogen (secondary N) is 4. The molecule has 1 atom stereocenters. The fourth-order valence-electron chi connectivity index (χ4n) is 3.14. The van der Waals surface area contributed by atoms with E-state index in [1.54, 1.807) is 6.07 Å². The van der Waals surface area contributed by atoms with Gasteiger partial charge in [0.05, 0.1) is 0 Å². The second-order valence-corrected chi connectivity index (χ2v) is 7.66. The molecule has 0 aliphatic heterocycles. The van der Waals surface area contributed by atoms with Crippen LogP contribution in [0.3, 0.4) is 0 Å². The first-order valence-corrected chi connectivity index (χ1v) is 10.2. The van der Waals surface area contributed by atoms with E-state index < -0.39 is 11.9 Å². The summed E-state index contributed by atoms with van der Waals surface area (Å²) in [5.74, 6) is -1.33. The van der Waals surface area contributed by atoms with Crippen LogP contribution in [-0.2, 0) is 20.8 Å². The SMILES string of the molecule is CC(=O)Nc1cc(NC(C)=O)cc(C(=O)NC(Cc2ccccc2)C(=O)NC2CC2)c1. The summed E-state index contributed by atoms with van der Waals surface area (Å²) >= 11 is 0. The summed E-state index contributed by atoms with van der Waals surface area (Å²) in [4.78, 5) is 48.7. The molecular weight excluding hydrogens is 396 g/mol. The molecule has 2 aromatic carbocycles. The van der Waals surface area contributed by atoms with Gasteiger partial charge in [-0.3, -0.25) is 19.2 Å². The minimum absolute atomic E-state index is 0.164. The first-order valence-electron chi connectivity index (χ1n) is 10.2. The number of benzene rings is 2. The molecule has 1 saturated carbocycles. The molecule has 31 heavy (non-hydrogen) atoms. The number of amides is 4. The van der Waals surface area contributed by atoms with Crippen LogP contribution in [-0.4, -0.2) is 35.7 Å². The van der Waals surface area contributed by atoms with Gasteiger partial charge >= 0.3 is 0 Å². The Morgan fingerprint density at radius 2 is 1.48 bits per heavy atom.